The Morgan fingerprint density at radius 3 is 2.93 bits per heavy atom. The van der Waals surface area contributed by atoms with Crippen molar-refractivity contribution >= 4 is 11.7 Å². The Morgan fingerprint density at radius 2 is 2.27 bits per heavy atom. The lowest BCUT2D eigenvalue weighted by atomic mass is 9.92. The first-order valence-electron chi connectivity index (χ1n) is 5.28. The Morgan fingerprint density at radius 1 is 1.53 bits per heavy atom. The predicted octanol–water partition coefficient (Wildman–Crippen LogP) is 1.77. The quantitative estimate of drug-likeness (QED) is 0.800. The van der Waals surface area contributed by atoms with Crippen LogP contribution < -0.4 is 4.90 Å². The molecule has 1 unspecified atom stereocenters. The van der Waals surface area contributed by atoms with Crippen LogP contribution in [0.4, 0.5) is 5.69 Å². The molecule has 1 atom stereocenters. The van der Waals surface area contributed by atoms with E-state index < -0.39 is 5.97 Å². The summed E-state index contributed by atoms with van der Waals surface area (Å²) < 4.78 is 0. The van der Waals surface area contributed by atoms with Crippen LogP contribution in [-0.2, 0) is 11.2 Å². The number of carbonyl (C=O) groups is 1. The summed E-state index contributed by atoms with van der Waals surface area (Å²) in [6.07, 6.45) is 0.655. The van der Waals surface area contributed by atoms with Gasteiger partial charge in [-0.3, -0.25) is 4.79 Å². The molecule has 1 N–H and O–H groups in total. The topological polar surface area (TPSA) is 40.5 Å². The number of hydrogen-bond donors (Lipinski definition) is 1. The van der Waals surface area contributed by atoms with E-state index in [9.17, 15) is 4.79 Å². The molecule has 1 aromatic carbocycles. The molecule has 15 heavy (non-hydrogen) atoms. The van der Waals surface area contributed by atoms with Gasteiger partial charge in [0.15, 0.2) is 0 Å². The molecule has 0 fully saturated rings. The van der Waals surface area contributed by atoms with Gasteiger partial charge < -0.3 is 10.0 Å². The van der Waals surface area contributed by atoms with E-state index in [-0.39, 0.29) is 5.92 Å². The van der Waals surface area contributed by atoms with Crippen molar-refractivity contribution in [2.24, 2.45) is 5.92 Å². The lowest BCUT2D eigenvalue weighted by molar-refractivity contribution is -0.141. The van der Waals surface area contributed by atoms with E-state index in [1.807, 2.05) is 18.2 Å². The van der Waals surface area contributed by atoms with Crippen molar-refractivity contribution in [1.29, 1.82) is 0 Å². The van der Waals surface area contributed by atoms with E-state index >= 15 is 0 Å². The molecular formula is C12H15NO2. The van der Waals surface area contributed by atoms with Crippen LogP contribution in [0.25, 0.3) is 0 Å². The predicted molar refractivity (Wildman–Crippen MR) is 59.2 cm³/mol. The van der Waals surface area contributed by atoms with Gasteiger partial charge >= 0.3 is 5.97 Å². The van der Waals surface area contributed by atoms with Crippen LogP contribution in [0.2, 0.25) is 0 Å². The Labute approximate surface area is 89.3 Å². The average Bonchev–Trinajstić information content (AvgIpc) is 2.27. The summed E-state index contributed by atoms with van der Waals surface area (Å²) in [4.78, 5) is 13.1. The standard InChI is InChI=1S/C12H15NO2/c1-2-13-8-10(12(14)15)7-9-5-3-4-6-11(9)13/h3-6,10H,2,7-8H2,1H3,(H,14,15). The molecular weight excluding hydrogens is 190 g/mol. The normalized spacial score (nSPS) is 19.8. The monoisotopic (exact) mass is 205 g/mol. The SMILES string of the molecule is CCN1CC(C(=O)O)Cc2ccccc21. The Balaban J connectivity index is 2.34. The fourth-order valence-corrected chi connectivity index (χ4v) is 2.15. The maximum atomic E-state index is 11.0. The first kappa shape index (κ1) is 10.0. The fourth-order valence-electron chi connectivity index (χ4n) is 2.15. The molecule has 1 aliphatic heterocycles. The van der Waals surface area contributed by atoms with E-state index in [1.165, 1.54) is 5.69 Å². The summed E-state index contributed by atoms with van der Waals surface area (Å²) in [5.41, 5.74) is 2.34. The van der Waals surface area contributed by atoms with Gasteiger partial charge in [0.2, 0.25) is 0 Å². The molecule has 3 nitrogen and oxygen atoms in total. The minimum atomic E-state index is -0.692. The number of aliphatic carboxylic acids is 1. The number of anilines is 1. The summed E-state index contributed by atoms with van der Waals surface area (Å²) in [7, 11) is 0. The van der Waals surface area contributed by atoms with Crippen LogP contribution in [0.5, 0.6) is 0 Å². The van der Waals surface area contributed by atoms with E-state index in [4.69, 9.17) is 5.11 Å². The van der Waals surface area contributed by atoms with E-state index in [0.29, 0.717) is 13.0 Å². The van der Waals surface area contributed by atoms with Gasteiger partial charge in [0.05, 0.1) is 5.92 Å². The molecule has 2 rings (SSSR count). The summed E-state index contributed by atoms with van der Waals surface area (Å²) in [5.74, 6) is -0.956. The molecule has 0 saturated carbocycles. The van der Waals surface area contributed by atoms with Crippen LogP contribution in [0.15, 0.2) is 24.3 Å². The molecule has 0 bridgehead atoms. The van der Waals surface area contributed by atoms with Crippen LogP contribution in [0.1, 0.15) is 12.5 Å². The Kier molecular flexibility index (Phi) is 2.62. The fraction of sp³-hybridized carbons (Fsp3) is 0.417. The maximum Gasteiger partial charge on any atom is 0.308 e. The third-order valence-electron chi connectivity index (χ3n) is 2.97. The van der Waals surface area contributed by atoms with E-state index in [1.54, 1.807) is 0 Å². The molecule has 0 amide bonds. The lowest BCUT2D eigenvalue weighted by Gasteiger charge is -2.33. The van der Waals surface area contributed by atoms with Crippen molar-refractivity contribution in [2.75, 3.05) is 18.0 Å². The molecule has 0 aliphatic carbocycles. The van der Waals surface area contributed by atoms with Gasteiger partial charge in [0, 0.05) is 18.8 Å². The molecule has 0 saturated heterocycles. The van der Waals surface area contributed by atoms with Crippen molar-refractivity contribution in [3.05, 3.63) is 29.8 Å². The Bertz CT molecular complexity index is 376. The summed E-state index contributed by atoms with van der Waals surface area (Å²) in [6, 6.07) is 8.06. The van der Waals surface area contributed by atoms with Gasteiger partial charge in [-0.25, -0.2) is 0 Å². The number of carboxylic acids is 1. The largest absolute Gasteiger partial charge is 0.481 e. The minimum Gasteiger partial charge on any atom is -0.481 e. The molecule has 0 spiro atoms. The highest BCUT2D eigenvalue weighted by molar-refractivity contribution is 5.73. The van der Waals surface area contributed by atoms with Crippen molar-refractivity contribution in [2.45, 2.75) is 13.3 Å². The highest BCUT2D eigenvalue weighted by Crippen LogP contribution is 2.29. The van der Waals surface area contributed by atoms with Crippen LogP contribution in [0.3, 0.4) is 0 Å². The molecule has 80 valence electrons. The van der Waals surface area contributed by atoms with Crippen molar-refractivity contribution in [3.63, 3.8) is 0 Å². The molecule has 1 heterocycles. The second-order valence-electron chi connectivity index (χ2n) is 3.91. The summed E-state index contributed by atoms with van der Waals surface area (Å²) in [6.45, 7) is 3.55. The number of benzene rings is 1. The molecule has 3 heteroatoms. The first-order valence-corrected chi connectivity index (χ1v) is 5.28. The molecule has 1 aromatic rings. The third kappa shape index (κ3) is 1.82. The van der Waals surface area contributed by atoms with Gasteiger partial charge in [0.25, 0.3) is 0 Å². The van der Waals surface area contributed by atoms with Crippen molar-refractivity contribution in [3.8, 4) is 0 Å². The summed E-state index contributed by atoms with van der Waals surface area (Å²) in [5, 5.41) is 9.05. The first-order chi connectivity index (χ1) is 7.22. The highest BCUT2D eigenvalue weighted by Gasteiger charge is 2.27. The third-order valence-corrected chi connectivity index (χ3v) is 2.97. The minimum absolute atomic E-state index is 0.264. The van der Waals surface area contributed by atoms with Crippen LogP contribution >= 0.6 is 0 Å². The van der Waals surface area contributed by atoms with Crippen molar-refractivity contribution in [1.82, 2.24) is 0 Å². The second-order valence-corrected chi connectivity index (χ2v) is 3.91. The van der Waals surface area contributed by atoms with Gasteiger partial charge in [-0.05, 0) is 25.0 Å². The number of hydrogen-bond acceptors (Lipinski definition) is 2. The van der Waals surface area contributed by atoms with Crippen LogP contribution in [0, 0.1) is 5.92 Å². The van der Waals surface area contributed by atoms with Gasteiger partial charge in [0.1, 0.15) is 0 Å². The maximum absolute atomic E-state index is 11.0. The lowest BCUT2D eigenvalue weighted by Crippen LogP contribution is -2.38. The van der Waals surface area contributed by atoms with Gasteiger partial charge in [-0.1, -0.05) is 18.2 Å². The zero-order valence-electron chi connectivity index (χ0n) is 8.81. The number of fused-ring (bicyclic) bond motifs is 1. The van der Waals surface area contributed by atoms with Crippen LogP contribution in [-0.4, -0.2) is 24.2 Å². The zero-order chi connectivity index (χ0) is 10.8. The molecule has 1 aliphatic rings. The number of rotatable bonds is 2. The number of nitrogens with zero attached hydrogens (tertiary/aromatic N) is 1. The second kappa shape index (κ2) is 3.93. The van der Waals surface area contributed by atoms with Crippen molar-refractivity contribution < 1.29 is 9.90 Å². The number of carboxylic acid groups (broad SMARTS) is 1. The zero-order valence-corrected chi connectivity index (χ0v) is 8.81. The molecule has 0 aromatic heterocycles. The summed E-state index contributed by atoms with van der Waals surface area (Å²) >= 11 is 0. The van der Waals surface area contributed by atoms with Gasteiger partial charge in [-0.15, -0.1) is 0 Å². The van der Waals surface area contributed by atoms with E-state index in [0.717, 1.165) is 12.1 Å². The van der Waals surface area contributed by atoms with E-state index in [2.05, 4.69) is 17.9 Å². The highest BCUT2D eigenvalue weighted by atomic mass is 16.4. The average molecular weight is 205 g/mol. The van der Waals surface area contributed by atoms with Gasteiger partial charge in [-0.2, -0.15) is 0 Å². The Hall–Kier alpha value is -1.51. The number of para-hydroxylation sites is 1. The smallest absolute Gasteiger partial charge is 0.308 e. The molecule has 0 radical (unpaired) electrons.